The van der Waals surface area contributed by atoms with Gasteiger partial charge in [0.2, 0.25) is 59.1 Å². The molecular weight excluding hydrogens is 1080 g/mol. The molecule has 26 nitrogen and oxygen atoms in total. The molecule has 1 aromatic carbocycles. The quantitative estimate of drug-likeness (QED) is 0.0254. The number of carbonyl (C=O) groups excluding carboxylic acids is 10. The Balaban J connectivity index is 2.38. The van der Waals surface area contributed by atoms with Crippen LogP contribution in [0.2, 0.25) is 0 Å². The van der Waals surface area contributed by atoms with Crippen LogP contribution in [0.25, 0.3) is 0 Å². The van der Waals surface area contributed by atoms with E-state index < -0.39 is 137 Å². The fraction of sp³-hybridized carbons (Fsp3) is 0.691. The predicted octanol–water partition coefficient (Wildman–Crippen LogP) is -1.91. The van der Waals surface area contributed by atoms with Crippen LogP contribution >= 0.6 is 12.6 Å². The molecule has 462 valence electrons. The number of amides is 10. The number of likely N-dealkylation sites (tertiary alicyclic amines) is 1. The summed E-state index contributed by atoms with van der Waals surface area (Å²) in [5, 5.41) is 41.4. The van der Waals surface area contributed by atoms with Crippen molar-refractivity contribution in [2.24, 2.45) is 40.7 Å². The Hall–Kier alpha value is -6.42. The molecule has 0 radical (unpaired) electrons. The summed E-state index contributed by atoms with van der Waals surface area (Å²) in [4.78, 5) is 150. The van der Waals surface area contributed by atoms with Crippen LogP contribution in [-0.2, 0) is 59.2 Å². The maximum absolute atomic E-state index is 14.4. The van der Waals surface area contributed by atoms with Gasteiger partial charge >= 0.3 is 5.97 Å². The first-order valence-corrected chi connectivity index (χ1v) is 29.0. The maximum Gasteiger partial charge on any atom is 0.326 e. The summed E-state index contributed by atoms with van der Waals surface area (Å²) in [6.07, 6.45) is 0.417. The minimum absolute atomic E-state index is 0.0195. The second-order valence-electron chi connectivity index (χ2n) is 22.2. The number of nitrogens with two attached hydrogens (primary N) is 4. The average molecular weight is 1180 g/mol. The molecule has 27 heteroatoms. The van der Waals surface area contributed by atoms with Gasteiger partial charge in [-0.05, 0) is 120 Å². The number of benzene rings is 1. The number of aliphatic hydroxyl groups is 1. The van der Waals surface area contributed by atoms with Crippen molar-refractivity contribution in [3.05, 3.63) is 35.9 Å². The minimum Gasteiger partial charge on any atom is -0.480 e. The van der Waals surface area contributed by atoms with Crippen LogP contribution in [0.5, 0.6) is 0 Å². The number of thiol groups is 1. The third-order valence-corrected chi connectivity index (χ3v) is 14.1. The second kappa shape index (κ2) is 36.9. The number of hydrogen-bond donors (Lipinski definition) is 15. The van der Waals surface area contributed by atoms with Crippen LogP contribution in [0.15, 0.2) is 30.3 Å². The molecule has 1 fully saturated rings. The van der Waals surface area contributed by atoms with E-state index in [2.05, 4.69) is 55.2 Å². The topological polar surface area (TPSA) is 432 Å². The third kappa shape index (κ3) is 25.0. The van der Waals surface area contributed by atoms with Gasteiger partial charge in [0, 0.05) is 18.7 Å². The smallest absolute Gasteiger partial charge is 0.326 e. The van der Waals surface area contributed by atoms with Crippen LogP contribution in [0.4, 0.5) is 0 Å². The molecular formula is C55H93N13O13S. The minimum atomic E-state index is -1.55. The molecule has 0 aliphatic carbocycles. The number of carboxylic acid groups (broad SMARTS) is 1. The Morgan fingerprint density at radius 3 is 1.50 bits per heavy atom. The first-order valence-electron chi connectivity index (χ1n) is 28.4. The van der Waals surface area contributed by atoms with Gasteiger partial charge in [-0.2, -0.15) is 12.6 Å². The summed E-state index contributed by atoms with van der Waals surface area (Å²) < 4.78 is 0. The van der Waals surface area contributed by atoms with Crippen LogP contribution < -0.4 is 65.5 Å². The molecule has 1 aromatic rings. The van der Waals surface area contributed by atoms with E-state index in [1.54, 1.807) is 27.7 Å². The fourth-order valence-corrected chi connectivity index (χ4v) is 9.42. The molecule has 1 aliphatic heterocycles. The zero-order chi connectivity index (χ0) is 61.8. The number of nitrogens with one attached hydrogen (secondary N) is 8. The van der Waals surface area contributed by atoms with Crippen molar-refractivity contribution in [2.45, 2.75) is 198 Å². The van der Waals surface area contributed by atoms with Crippen molar-refractivity contribution >= 4 is 77.7 Å². The van der Waals surface area contributed by atoms with E-state index in [4.69, 9.17) is 22.9 Å². The van der Waals surface area contributed by atoms with E-state index in [0.717, 1.165) is 5.56 Å². The molecule has 11 atom stereocenters. The zero-order valence-electron chi connectivity index (χ0n) is 48.6. The highest BCUT2D eigenvalue weighted by atomic mass is 32.1. The lowest BCUT2D eigenvalue weighted by molar-refractivity contribution is -0.144. The van der Waals surface area contributed by atoms with Gasteiger partial charge in [-0.3, -0.25) is 47.9 Å². The highest BCUT2D eigenvalue weighted by molar-refractivity contribution is 7.80. The van der Waals surface area contributed by atoms with E-state index in [-0.39, 0.29) is 88.6 Å². The van der Waals surface area contributed by atoms with E-state index in [1.165, 1.54) is 11.8 Å². The predicted molar refractivity (Wildman–Crippen MR) is 309 cm³/mol. The highest BCUT2D eigenvalue weighted by Crippen LogP contribution is 2.21. The lowest BCUT2D eigenvalue weighted by Crippen LogP contribution is -2.61. The Morgan fingerprint density at radius 2 is 1.04 bits per heavy atom. The van der Waals surface area contributed by atoms with Crippen LogP contribution in [0, 0.1) is 17.8 Å². The Kier molecular flexibility index (Phi) is 32.3. The van der Waals surface area contributed by atoms with Gasteiger partial charge < -0.3 is 80.6 Å². The van der Waals surface area contributed by atoms with Crippen LogP contribution in [-0.4, -0.2) is 172 Å². The molecule has 11 unspecified atom stereocenters. The molecule has 0 saturated carbocycles. The average Bonchev–Trinajstić information content (AvgIpc) is 4.05. The normalized spacial score (nSPS) is 16.9. The summed E-state index contributed by atoms with van der Waals surface area (Å²) in [5.41, 5.74) is 24.0. The van der Waals surface area contributed by atoms with Gasteiger partial charge in [-0.15, -0.1) is 0 Å². The standard InChI is InChI=1S/C55H93N13O13S/c1-30(2)26-39(50(75)61-38(21-22-43(59)70)49(74)65-41(29-82)52(77)66-44(32(5)6)55(80)81)64-48(73)36(18-11-13-23-56)60-47(72)37(19-12-14-24-57)62-53(78)42-20-15-25-68(42)54(79)45(33(7)69)67-51(76)40(27-31(3)4)63-46(71)35(58)28-34-16-9-8-10-17-34/h8-10,16-17,30-33,35-42,44-45,69,82H,11-15,18-29,56-58H2,1-7H3,(H2,59,70)(H,60,72)(H,61,75)(H,62,78)(H,63,71)(H,64,73)(H,65,74)(H,66,77)(H,67,76)(H,80,81). The number of nitrogens with zero attached hydrogens (tertiary/aromatic N) is 1. The van der Waals surface area contributed by atoms with Crippen LogP contribution in [0.3, 0.4) is 0 Å². The van der Waals surface area contributed by atoms with E-state index in [0.29, 0.717) is 32.1 Å². The molecule has 2 rings (SSSR count). The fourth-order valence-electron chi connectivity index (χ4n) is 9.17. The first-order chi connectivity index (χ1) is 38.6. The summed E-state index contributed by atoms with van der Waals surface area (Å²) >= 11 is 4.15. The lowest BCUT2D eigenvalue weighted by Gasteiger charge is -2.32. The first kappa shape index (κ1) is 71.7. The van der Waals surface area contributed by atoms with Crippen LogP contribution in [0.1, 0.15) is 131 Å². The summed E-state index contributed by atoms with van der Waals surface area (Å²) in [6, 6.07) is -3.80. The number of hydrogen-bond acceptors (Lipinski definition) is 16. The van der Waals surface area contributed by atoms with Crippen molar-refractivity contribution in [2.75, 3.05) is 25.4 Å². The number of primary amides is 1. The molecule has 1 aliphatic rings. The largest absolute Gasteiger partial charge is 0.480 e. The number of aliphatic carboxylic acids is 1. The highest BCUT2D eigenvalue weighted by Gasteiger charge is 2.42. The van der Waals surface area contributed by atoms with Gasteiger partial charge in [0.25, 0.3) is 0 Å². The zero-order valence-corrected chi connectivity index (χ0v) is 49.5. The van der Waals surface area contributed by atoms with Crippen molar-refractivity contribution in [3.8, 4) is 0 Å². The number of unbranched alkanes of at least 4 members (excludes halogenated alkanes) is 2. The molecule has 1 heterocycles. The lowest BCUT2D eigenvalue weighted by atomic mass is 10.00. The van der Waals surface area contributed by atoms with E-state index >= 15 is 0 Å². The number of carboxylic acids is 1. The number of carbonyl (C=O) groups is 11. The van der Waals surface area contributed by atoms with Gasteiger partial charge in [-0.1, -0.05) is 71.9 Å². The van der Waals surface area contributed by atoms with Crippen molar-refractivity contribution in [1.29, 1.82) is 0 Å². The summed E-state index contributed by atoms with van der Waals surface area (Å²) in [7, 11) is 0. The number of aliphatic hydroxyl groups excluding tert-OH is 1. The monoisotopic (exact) mass is 1180 g/mol. The molecule has 82 heavy (non-hydrogen) atoms. The maximum atomic E-state index is 14.4. The van der Waals surface area contributed by atoms with Gasteiger partial charge in [0.15, 0.2) is 0 Å². The molecule has 0 spiro atoms. The molecule has 10 amide bonds. The Morgan fingerprint density at radius 1 is 0.598 bits per heavy atom. The SMILES string of the molecule is CC(C)CC(NC(=O)C(N)Cc1ccccc1)C(=O)NC(C(=O)N1CCCC1C(=O)NC(CCCCN)C(=O)NC(CCCCN)C(=O)NC(CC(C)C)C(=O)NC(CCC(N)=O)C(=O)NC(CS)C(=O)NC(C(=O)O)C(C)C)C(C)O. The number of rotatable bonds is 38. The van der Waals surface area contributed by atoms with Gasteiger partial charge in [0.05, 0.1) is 12.1 Å². The molecule has 1 saturated heterocycles. The third-order valence-electron chi connectivity index (χ3n) is 13.7. The Labute approximate surface area is 486 Å². The van der Waals surface area contributed by atoms with Crippen molar-refractivity contribution in [3.63, 3.8) is 0 Å². The summed E-state index contributed by atoms with van der Waals surface area (Å²) in [5.74, 6) is -10.3. The second-order valence-corrected chi connectivity index (χ2v) is 22.5. The molecule has 0 bridgehead atoms. The van der Waals surface area contributed by atoms with Gasteiger partial charge in [-0.25, -0.2) is 4.79 Å². The van der Waals surface area contributed by atoms with Crippen molar-refractivity contribution in [1.82, 2.24) is 47.4 Å². The molecule has 0 aromatic heterocycles. The van der Waals surface area contributed by atoms with E-state index in [1.807, 2.05) is 44.2 Å². The van der Waals surface area contributed by atoms with Gasteiger partial charge in [0.1, 0.15) is 54.4 Å². The Bertz CT molecular complexity index is 2280. The summed E-state index contributed by atoms with van der Waals surface area (Å²) in [6.45, 7) is 12.2. The van der Waals surface area contributed by atoms with E-state index in [9.17, 15) is 63.0 Å². The van der Waals surface area contributed by atoms with Crippen molar-refractivity contribution < 1.29 is 63.0 Å². The molecule has 18 N–H and O–H groups in total.